The number of Topliss-reactive ketones (excluding diaryl/α,β-unsaturated/α-hetero) is 1. The third-order valence-corrected chi connectivity index (χ3v) is 1.56. The van der Waals surface area contributed by atoms with E-state index in [1.165, 1.54) is 6.07 Å². The molecule has 1 aromatic carbocycles. The fraction of sp³-hybridized carbons (Fsp3) is 0.125. The lowest BCUT2D eigenvalue weighted by Crippen LogP contribution is -1.98. The predicted octanol–water partition coefficient (Wildman–Crippen LogP) is 1.20. The van der Waals surface area contributed by atoms with Gasteiger partial charge in [0.1, 0.15) is 7.85 Å². The van der Waals surface area contributed by atoms with Crippen LogP contribution in [-0.2, 0) is 0 Å². The summed E-state index contributed by atoms with van der Waals surface area (Å²) in [5.74, 6) is -2.09. The van der Waals surface area contributed by atoms with Gasteiger partial charge in [0, 0.05) is 5.56 Å². The number of carbonyl (C=O) groups is 1. The summed E-state index contributed by atoms with van der Waals surface area (Å²) in [6.45, 7) is 0. The summed E-state index contributed by atoms with van der Waals surface area (Å²) in [6.07, 6.45) is 0.297. The molecular weight excluding hydrogens is 161 g/mol. The monoisotopic (exact) mass is 168 g/mol. The Morgan fingerprint density at radius 3 is 2.50 bits per heavy atom. The van der Waals surface area contributed by atoms with E-state index in [2.05, 4.69) is 0 Å². The molecule has 62 valence electrons. The van der Waals surface area contributed by atoms with Gasteiger partial charge in [-0.25, -0.2) is 8.78 Å². The van der Waals surface area contributed by atoms with Crippen LogP contribution in [0.25, 0.3) is 0 Å². The maximum absolute atomic E-state index is 12.5. The molecule has 1 rings (SSSR count). The molecule has 12 heavy (non-hydrogen) atoms. The Morgan fingerprint density at radius 2 is 2.00 bits per heavy atom. The highest BCUT2D eigenvalue weighted by Crippen LogP contribution is 2.09. The lowest BCUT2D eigenvalue weighted by molar-refractivity contribution is 0.101. The average Bonchev–Trinajstić information content (AvgIpc) is 2.08. The van der Waals surface area contributed by atoms with Crippen LogP contribution >= 0.6 is 0 Å². The Hall–Kier alpha value is -1.19. The molecule has 0 spiro atoms. The molecule has 1 aromatic rings. The van der Waals surface area contributed by atoms with Gasteiger partial charge in [-0.05, 0) is 24.5 Å². The molecule has 4 heteroatoms. The standard InChI is InChI=1S/C8H7BF2O/c9-4-8(12)5-1-2-6(10)7(11)3-5/h1-3H,4,9H2. The molecule has 0 atom stereocenters. The Morgan fingerprint density at radius 1 is 1.33 bits per heavy atom. The lowest BCUT2D eigenvalue weighted by Gasteiger charge is -1.97. The number of halogens is 2. The molecule has 0 amide bonds. The van der Waals surface area contributed by atoms with Crippen molar-refractivity contribution < 1.29 is 13.6 Å². The molecule has 0 aliphatic rings. The highest BCUT2D eigenvalue weighted by molar-refractivity contribution is 6.23. The van der Waals surface area contributed by atoms with Crippen LogP contribution in [0.3, 0.4) is 0 Å². The van der Waals surface area contributed by atoms with Gasteiger partial charge in [-0.2, -0.15) is 0 Å². The van der Waals surface area contributed by atoms with Gasteiger partial charge in [0.05, 0.1) is 0 Å². The SMILES string of the molecule is BCC(=O)c1ccc(F)c(F)c1. The van der Waals surface area contributed by atoms with Crippen molar-refractivity contribution in [3.8, 4) is 0 Å². The molecule has 0 aliphatic carbocycles. The van der Waals surface area contributed by atoms with E-state index in [1.807, 2.05) is 0 Å². The molecule has 0 heterocycles. The van der Waals surface area contributed by atoms with Gasteiger partial charge >= 0.3 is 0 Å². The maximum Gasteiger partial charge on any atom is 0.159 e. The van der Waals surface area contributed by atoms with Gasteiger partial charge in [0.15, 0.2) is 17.4 Å². The third kappa shape index (κ3) is 1.70. The fourth-order valence-corrected chi connectivity index (χ4v) is 0.874. The minimum Gasteiger partial charge on any atom is -0.295 e. The molecule has 0 N–H and O–H groups in total. The summed E-state index contributed by atoms with van der Waals surface area (Å²) < 4.78 is 24.9. The van der Waals surface area contributed by atoms with Crippen molar-refractivity contribution in [3.63, 3.8) is 0 Å². The largest absolute Gasteiger partial charge is 0.295 e. The molecule has 0 bridgehead atoms. The van der Waals surface area contributed by atoms with E-state index in [0.29, 0.717) is 6.32 Å². The van der Waals surface area contributed by atoms with Crippen LogP contribution in [0.2, 0.25) is 6.32 Å². The quantitative estimate of drug-likeness (QED) is 0.478. The summed E-state index contributed by atoms with van der Waals surface area (Å²) in [7, 11) is 1.67. The Labute approximate surface area is 69.8 Å². The van der Waals surface area contributed by atoms with Crippen LogP contribution in [0.15, 0.2) is 18.2 Å². The molecule has 0 fully saturated rings. The van der Waals surface area contributed by atoms with E-state index in [-0.39, 0.29) is 11.3 Å². The van der Waals surface area contributed by atoms with E-state index in [4.69, 9.17) is 0 Å². The Bertz CT molecular complexity index is 312. The zero-order valence-electron chi connectivity index (χ0n) is 6.60. The first-order chi connectivity index (χ1) is 5.65. The molecule has 0 saturated heterocycles. The summed E-state index contributed by atoms with van der Waals surface area (Å²) in [6, 6.07) is 3.16. The number of rotatable bonds is 2. The average molecular weight is 168 g/mol. The van der Waals surface area contributed by atoms with Crippen molar-refractivity contribution in [3.05, 3.63) is 35.4 Å². The van der Waals surface area contributed by atoms with Crippen LogP contribution < -0.4 is 0 Å². The molecule has 0 saturated carbocycles. The van der Waals surface area contributed by atoms with Crippen LogP contribution in [0, 0.1) is 11.6 Å². The number of hydrogen-bond donors (Lipinski definition) is 0. The molecule has 1 nitrogen and oxygen atoms in total. The minimum atomic E-state index is -0.977. The van der Waals surface area contributed by atoms with Crippen LogP contribution in [0.4, 0.5) is 8.78 Å². The summed E-state index contributed by atoms with van der Waals surface area (Å²) in [4.78, 5) is 11.0. The maximum atomic E-state index is 12.5. The Balaban J connectivity index is 3.05. The van der Waals surface area contributed by atoms with E-state index < -0.39 is 11.6 Å². The van der Waals surface area contributed by atoms with Crippen LogP contribution in [0.1, 0.15) is 10.4 Å². The van der Waals surface area contributed by atoms with Gasteiger partial charge in [-0.3, -0.25) is 4.79 Å². The zero-order valence-corrected chi connectivity index (χ0v) is 6.60. The smallest absolute Gasteiger partial charge is 0.159 e. The van der Waals surface area contributed by atoms with Gasteiger partial charge in [-0.15, -0.1) is 0 Å². The fourth-order valence-electron chi connectivity index (χ4n) is 0.874. The van der Waals surface area contributed by atoms with Gasteiger partial charge < -0.3 is 0 Å². The van der Waals surface area contributed by atoms with E-state index in [1.54, 1.807) is 7.85 Å². The summed E-state index contributed by atoms with van der Waals surface area (Å²) >= 11 is 0. The molecular formula is C8H7BF2O. The van der Waals surface area contributed by atoms with Crippen molar-refractivity contribution in [2.45, 2.75) is 6.32 Å². The van der Waals surface area contributed by atoms with Crippen molar-refractivity contribution in [2.24, 2.45) is 0 Å². The van der Waals surface area contributed by atoms with Crippen LogP contribution in [0.5, 0.6) is 0 Å². The molecule has 0 aromatic heterocycles. The second kappa shape index (κ2) is 3.47. The van der Waals surface area contributed by atoms with E-state index >= 15 is 0 Å². The minimum absolute atomic E-state index is 0.186. The summed E-state index contributed by atoms with van der Waals surface area (Å²) in [5.41, 5.74) is 0.219. The number of hydrogen-bond acceptors (Lipinski definition) is 1. The first kappa shape index (κ1) is 8.91. The third-order valence-electron chi connectivity index (χ3n) is 1.56. The molecule has 0 radical (unpaired) electrons. The second-order valence-electron chi connectivity index (χ2n) is 2.41. The number of carbonyl (C=O) groups excluding carboxylic acids is 1. The highest BCUT2D eigenvalue weighted by atomic mass is 19.2. The van der Waals surface area contributed by atoms with Crippen LogP contribution in [-0.4, -0.2) is 13.6 Å². The highest BCUT2D eigenvalue weighted by Gasteiger charge is 2.06. The van der Waals surface area contributed by atoms with Crippen molar-refractivity contribution >= 4 is 13.6 Å². The molecule has 0 aliphatic heterocycles. The first-order valence-corrected chi connectivity index (χ1v) is 3.63. The first-order valence-electron chi connectivity index (χ1n) is 3.63. The number of benzene rings is 1. The number of ketones is 1. The van der Waals surface area contributed by atoms with E-state index in [9.17, 15) is 13.6 Å². The normalized spacial score (nSPS) is 9.83. The second-order valence-corrected chi connectivity index (χ2v) is 2.41. The predicted molar refractivity (Wildman–Crippen MR) is 44.0 cm³/mol. The lowest BCUT2D eigenvalue weighted by atomic mass is 9.96. The topological polar surface area (TPSA) is 17.1 Å². The summed E-state index contributed by atoms with van der Waals surface area (Å²) in [5, 5.41) is 0. The zero-order chi connectivity index (χ0) is 9.14. The van der Waals surface area contributed by atoms with Crippen molar-refractivity contribution in [1.82, 2.24) is 0 Å². The van der Waals surface area contributed by atoms with Crippen molar-refractivity contribution in [2.75, 3.05) is 0 Å². The van der Waals surface area contributed by atoms with Gasteiger partial charge in [-0.1, -0.05) is 0 Å². The molecule has 0 unspecified atom stereocenters. The van der Waals surface area contributed by atoms with Crippen molar-refractivity contribution in [1.29, 1.82) is 0 Å². The van der Waals surface area contributed by atoms with Gasteiger partial charge in [0.25, 0.3) is 0 Å². The van der Waals surface area contributed by atoms with Gasteiger partial charge in [0.2, 0.25) is 0 Å². The Kier molecular flexibility index (Phi) is 2.58. The van der Waals surface area contributed by atoms with E-state index in [0.717, 1.165) is 12.1 Å².